The lowest BCUT2D eigenvalue weighted by Gasteiger charge is -2.21. The second-order valence-corrected chi connectivity index (χ2v) is 7.36. The molecule has 3 rings (SSSR count). The van der Waals surface area contributed by atoms with Crippen LogP contribution in [0.25, 0.3) is 0 Å². The lowest BCUT2D eigenvalue weighted by Crippen LogP contribution is -2.34. The lowest BCUT2D eigenvalue weighted by atomic mass is 9.90. The normalized spacial score (nSPS) is 12.6. The number of hydrogen-bond acceptors (Lipinski definition) is 5. The van der Waals surface area contributed by atoms with Crippen molar-refractivity contribution >= 4 is 11.9 Å². The van der Waals surface area contributed by atoms with Gasteiger partial charge in [-0.25, -0.2) is 4.79 Å². The molecule has 0 atom stereocenters. The molecule has 1 aliphatic rings. The molecule has 0 saturated heterocycles. The van der Waals surface area contributed by atoms with E-state index in [0.717, 1.165) is 24.8 Å². The summed E-state index contributed by atoms with van der Waals surface area (Å²) in [5.74, 6) is 0.546. The third kappa shape index (κ3) is 5.12. The predicted octanol–water partition coefficient (Wildman–Crippen LogP) is 3.79. The van der Waals surface area contributed by atoms with Crippen LogP contribution in [0.5, 0.6) is 11.5 Å². The highest BCUT2D eigenvalue weighted by molar-refractivity contribution is 5.91. The maximum Gasteiger partial charge on any atom is 0.338 e. The van der Waals surface area contributed by atoms with Crippen molar-refractivity contribution in [2.75, 3.05) is 27.4 Å². The SMILES string of the molecule is CCN(Cc1ccc(OC)c(OC)c1)C(=O)COC(=O)c1ccc2c(c1)CCCC2. The van der Waals surface area contributed by atoms with Gasteiger partial charge in [-0.1, -0.05) is 12.1 Å². The number of nitrogens with zero attached hydrogens (tertiary/aromatic N) is 1. The zero-order valence-electron chi connectivity index (χ0n) is 17.9. The summed E-state index contributed by atoms with van der Waals surface area (Å²) < 4.78 is 15.9. The topological polar surface area (TPSA) is 65.1 Å². The van der Waals surface area contributed by atoms with Crippen LogP contribution in [0, 0.1) is 0 Å². The van der Waals surface area contributed by atoms with E-state index in [1.54, 1.807) is 25.2 Å². The quantitative estimate of drug-likeness (QED) is 0.619. The summed E-state index contributed by atoms with van der Waals surface area (Å²) in [5.41, 5.74) is 3.93. The average Bonchev–Trinajstić information content (AvgIpc) is 2.80. The van der Waals surface area contributed by atoms with E-state index in [1.807, 2.05) is 37.3 Å². The number of carbonyl (C=O) groups excluding carboxylic acids is 2. The fourth-order valence-corrected chi connectivity index (χ4v) is 3.74. The van der Waals surface area contributed by atoms with Crippen LogP contribution in [0.4, 0.5) is 0 Å². The van der Waals surface area contributed by atoms with E-state index >= 15 is 0 Å². The van der Waals surface area contributed by atoms with Crippen LogP contribution in [0.3, 0.4) is 0 Å². The molecule has 0 fully saturated rings. The summed E-state index contributed by atoms with van der Waals surface area (Å²) >= 11 is 0. The van der Waals surface area contributed by atoms with Gasteiger partial charge < -0.3 is 19.1 Å². The Kier molecular flexibility index (Phi) is 7.33. The number of benzene rings is 2. The number of aryl methyl sites for hydroxylation is 2. The van der Waals surface area contributed by atoms with Crippen molar-refractivity contribution in [3.8, 4) is 11.5 Å². The molecule has 6 nitrogen and oxygen atoms in total. The fourth-order valence-electron chi connectivity index (χ4n) is 3.74. The maximum absolute atomic E-state index is 12.6. The Bertz CT molecular complexity index is 908. The Morgan fingerprint density at radius 3 is 2.37 bits per heavy atom. The third-order valence-electron chi connectivity index (χ3n) is 5.47. The molecule has 0 saturated carbocycles. The summed E-state index contributed by atoms with van der Waals surface area (Å²) in [4.78, 5) is 26.7. The Hall–Kier alpha value is -3.02. The second kappa shape index (κ2) is 10.1. The molecule has 2 aromatic carbocycles. The van der Waals surface area contributed by atoms with Gasteiger partial charge in [0.2, 0.25) is 0 Å². The largest absolute Gasteiger partial charge is 0.493 e. The number of fused-ring (bicyclic) bond motifs is 1. The van der Waals surface area contributed by atoms with E-state index < -0.39 is 5.97 Å². The number of rotatable bonds is 8. The minimum absolute atomic E-state index is 0.237. The first-order valence-electron chi connectivity index (χ1n) is 10.3. The van der Waals surface area contributed by atoms with Gasteiger partial charge in [0, 0.05) is 13.1 Å². The minimum atomic E-state index is -0.459. The van der Waals surface area contributed by atoms with E-state index in [9.17, 15) is 9.59 Å². The molecule has 0 N–H and O–H groups in total. The van der Waals surface area contributed by atoms with Gasteiger partial charge in [-0.3, -0.25) is 4.79 Å². The molecule has 0 spiro atoms. The average molecular weight is 411 g/mol. The molecular weight excluding hydrogens is 382 g/mol. The van der Waals surface area contributed by atoms with Gasteiger partial charge in [0.25, 0.3) is 5.91 Å². The molecule has 0 radical (unpaired) electrons. The first-order chi connectivity index (χ1) is 14.5. The Labute approximate surface area is 177 Å². The molecule has 0 aliphatic heterocycles. The Morgan fingerprint density at radius 1 is 0.933 bits per heavy atom. The molecule has 1 aliphatic carbocycles. The number of esters is 1. The standard InChI is InChI=1S/C24H29NO5/c1-4-25(15-17-9-12-21(28-2)22(13-17)29-3)23(26)16-30-24(27)20-11-10-18-7-5-6-8-19(18)14-20/h9-14H,4-8,15-16H2,1-3H3. The minimum Gasteiger partial charge on any atom is -0.493 e. The Morgan fingerprint density at radius 2 is 1.67 bits per heavy atom. The molecule has 0 bridgehead atoms. The number of amides is 1. The number of ether oxygens (including phenoxy) is 3. The van der Waals surface area contributed by atoms with Crippen molar-refractivity contribution in [2.24, 2.45) is 0 Å². The Balaban J connectivity index is 1.59. The van der Waals surface area contributed by atoms with Gasteiger partial charge in [-0.05, 0) is 73.6 Å². The molecular formula is C24H29NO5. The maximum atomic E-state index is 12.6. The van der Waals surface area contributed by atoms with Crippen LogP contribution in [-0.2, 0) is 28.9 Å². The monoisotopic (exact) mass is 411 g/mol. The van der Waals surface area contributed by atoms with Crippen LogP contribution in [0.2, 0.25) is 0 Å². The van der Waals surface area contributed by atoms with Crippen molar-refractivity contribution in [1.82, 2.24) is 4.90 Å². The van der Waals surface area contributed by atoms with Gasteiger partial charge in [0.1, 0.15) is 0 Å². The smallest absolute Gasteiger partial charge is 0.338 e. The lowest BCUT2D eigenvalue weighted by molar-refractivity contribution is -0.134. The van der Waals surface area contributed by atoms with Crippen LogP contribution < -0.4 is 9.47 Å². The molecule has 0 unspecified atom stereocenters. The fraction of sp³-hybridized carbons (Fsp3) is 0.417. The van der Waals surface area contributed by atoms with Crippen LogP contribution in [0.1, 0.15) is 46.8 Å². The first-order valence-corrected chi connectivity index (χ1v) is 10.3. The third-order valence-corrected chi connectivity index (χ3v) is 5.47. The number of methoxy groups -OCH3 is 2. The first kappa shape index (κ1) is 21.7. The second-order valence-electron chi connectivity index (χ2n) is 7.36. The number of carbonyl (C=O) groups is 2. The van der Waals surface area contributed by atoms with Gasteiger partial charge in [-0.2, -0.15) is 0 Å². The van der Waals surface area contributed by atoms with Gasteiger partial charge in [0.05, 0.1) is 19.8 Å². The molecule has 6 heteroatoms. The predicted molar refractivity (Wildman–Crippen MR) is 114 cm³/mol. The summed E-state index contributed by atoms with van der Waals surface area (Å²) in [7, 11) is 3.15. The van der Waals surface area contributed by atoms with E-state index in [2.05, 4.69) is 0 Å². The van der Waals surface area contributed by atoms with E-state index in [4.69, 9.17) is 14.2 Å². The van der Waals surface area contributed by atoms with Crippen molar-refractivity contribution in [3.05, 3.63) is 58.7 Å². The zero-order chi connectivity index (χ0) is 21.5. The highest BCUT2D eigenvalue weighted by Crippen LogP contribution is 2.28. The van der Waals surface area contributed by atoms with Crippen molar-refractivity contribution in [2.45, 2.75) is 39.2 Å². The molecule has 2 aromatic rings. The summed E-state index contributed by atoms with van der Waals surface area (Å²) in [6.07, 6.45) is 4.39. The van der Waals surface area contributed by atoms with Crippen LogP contribution in [-0.4, -0.2) is 44.1 Å². The molecule has 0 aromatic heterocycles. The van der Waals surface area contributed by atoms with Gasteiger partial charge >= 0.3 is 5.97 Å². The molecule has 30 heavy (non-hydrogen) atoms. The number of hydrogen-bond donors (Lipinski definition) is 0. The summed E-state index contributed by atoms with van der Waals surface area (Å²) in [6, 6.07) is 11.2. The van der Waals surface area contributed by atoms with E-state index in [-0.39, 0.29) is 12.5 Å². The van der Waals surface area contributed by atoms with Crippen LogP contribution in [0.15, 0.2) is 36.4 Å². The van der Waals surface area contributed by atoms with Gasteiger partial charge in [-0.15, -0.1) is 0 Å². The molecule has 1 amide bonds. The highest BCUT2D eigenvalue weighted by Gasteiger charge is 2.18. The van der Waals surface area contributed by atoms with E-state index in [0.29, 0.717) is 30.2 Å². The van der Waals surface area contributed by atoms with E-state index in [1.165, 1.54) is 17.5 Å². The van der Waals surface area contributed by atoms with Crippen molar-refractivity contribution in [1.29, 1.82) is 0 Å². The molecule has 0 heterocycles. The van der Waals surface area contributed by atoms with Crippen molar-refractivity contribution < 1.29 is 23.8 Å². The zero-order valence-corrected chi connectivity index (χ0v) is 17.9. The molecule has 160 valence electrons. The van der Waals surface area contributed by atoms with Crippen molar-refractivity contribution in [3.63, 3.8) is 0 Å². The summed E-state index contributed by atoms with van der Waals surface area (Å²) in [6.45, 7) is 2.51. The highest BCUT2D eigenvalue weighted by atomic mass is 16.5. The summed E-state index contributed by atoms with van der Waals surface area (Å²) in [5, 5.41) is 0. The number of likely N-dealkylation sites (N-methyl/N-ethyl adjacent to an activating group) is 1. The van der Waals surface area contributed by atoms with Gasteiger partial charge in [0.15, 0.2) is 18.1 Å². The van der Waals surface area contributed by atoms with Crippen LogP contribution >= 0.6 is 0 Å².